The number of nitrogens with zero attached hydrogens (tertiary/aromatic N) is 3. The van der Waals surface area contributed by atoms with E-state index in [1.165, 1.54) is 0 Å². The van der Waals surface area contributed by atoms with Crippen LogP contribution < -0.4 is 11.1 Å². The van der Waals surface area contributed by atoms with Gasteiger partial charge in [0.25, 0.3) is 5.91 Å². The van der Waals surface area contributed by atoms with E-state index in [1.54, 1.807) is 4.68 Å². The molecule has 2 aliphatic carbocycles. The number of para-hydroxylation sites is 1. The average Bonchev–Trinajstić information content (AvgIpc) is 3.50. The zero-order chi connectivity index (χ0) is 16.7. The van der Waals surface area contributed by atoms with Crippen molar-refractivity contribution in [3.05, 3.63) is 40.9 Å². The highest BCUT2D eigenvalue weighted by molar-refractivity contribution is 6.32. The van der Waals surface area contributed by atoms with Gasteiger partial charge in [-0.1, -0.05) is 23.7 Å². The van der Waals surface area contributed by atoms with E-state index in [9.17, 15) is 4.79 Å². The summed E-state index contributed by atoms with van der Waals surface area (Å²) in [5.41, 5.74) is 6.78. The summed E-state index contributed by atoms with van der Waals surface area (Å²) >= 11 is 6.28. The van der Waals surface area contributed by atoms with Crippen LogP contribution in [0.3, 0.4) is 0 Å². The Kier molecular flexibility index (Phi) is 4.02. The second-order valence-electron chi connectivity index (χ2n) is 6.64. The van der Waals surface area contributed by atoms with Crippen LogP contribution in [0.1, 0.15) is 48.0 Å². The minimum absolute atomic E-state index is 0.0162. The fourth-order valence-corrected chi connectivity index (χ4v) is 3.02. The summed E-state index contributed by atoms with van der Waals surface area (Å²) < 4.78 is 1.70. The van der Waals surface area contributed by atoms with Gasteiger partial charge in [-0.3, -0.25) is 4.79 Å². The largest absolute Gasteiger partial charge is 0.348 e. The van der Waals surface area contributed by atoms with Crippen LogP contribution in [-0.4, -0.2) is 33.3 Å². The lowest BCUT2D eigenvalue weighted by Crippen LogP contribution is -2.38. The van der Waals surface area contributed by atoms with Gasteiger partial charge in [-0.2, -0.15) is 0 Å². The lowest BCUT2D eigenvalue weighted by atomic mass is 10.2. The minimum Gasteiger partial charge on any atom is -0.348 e. The first-order valence-electron chi connectivity index (χ1n) is 8.39. The van der Waals surface area contributed by atoms with Gasteiger partial charge >= 0.3 is 0 Å². The number of halogens is 1. The first-order chi connectivity index (χ1) is 11.6. The number of benzene rings is 1. The van der Waals surface area contributed by atoms with E-state index in [1.807, 2.05) is 24.3 Å². The third-order valence-electron chi connectivity index (χ3n) is 4.58. The average molecular weight is 346 g/mol. The van der Waals surface area contributed by atoms with Gasteiger partial charge in [0.05, 0.1) is 10.7 Å². The lowest BCUT2D eigenvalue weighted by Gasteiger charge is -2.10. The van der Waals surface area contributed by atoms with Crippen molar-refractivity contribution in [2.45, 2.75) is 37.6 Å². The molecule has 0 radical (unpaired) electrons. The first kappa shape index (κ1) is 15.6. The quantitative estimate of drug-likeness (QED) is 0.840. The second-order valence-corrected chi connectivity index (χ2v) is 7.05. The zero-order valence-corrected chi connectivity index (χ0v) is 14.0. The highest BCUT2D eigenvalue weighted by Gasteiger charge is 2.32. The molecule has 1 atom stereocenters. The van der Waals surface area contributed by atoms with Crippen molar-refractivity contribution < 1.29 is 4.79 Å². The number of amides is 1. The Balaban J connectivity index is 1.57. The summed E-state index contributed by atoms with van der Waals surface area (Å²) in [5, 5.41) is 7.85. The van der Waals surface area contributed by atoms with Crippen molar-refractivity contribution in [2.75, 3.05) is 6.54 Å². The molecule has 1 aromatic heterocycles. The van der Waals surface area contributed by atoms with Gasteiger partial charge in [0, 0.05) is 18.5 Å². The molecule has 7 heteroatoms. The minimum atomic E-state index is -0.279. The molecule has 0 saturated heterocycles. The monoisotopic (exact) mass is 345 g/mol. The van der Waals surface area contributed by atoms with Crippen LogP contribution in [-0.2, 0) is 0 Å². The molecule has 1 unspecified atom stereocenters. The highest BCUT2D eigenvalue weighted by Crippen LogP contribution is 2.40. The number of nitrogens with two attached hydrogens (primary N) is 1. The van der Waals surface area contributed by atoms with Crippen LogP contribution in [0.15, 0.2) is 24.3 Å². The Hall–Kier alpha value is -1.92. The molecular weight excluding hydrogens is 326 g/mol. The zero-order valence-electron chi connectivity index (χ0n) is 13.3. The van der Waals surface area contributed by atoms with E-state index in [2.05, 4.69) is 15.4 Å². The Bertz CT molecular complexity index is 766. The SMILES string of the molecule is NC(CNC(=O)c1nc(C2CC2)n(-c2ccccc2Cl)n1)C1CC1. The Morgan fingerprint density at radius 2 is 2.08 bits per heavy atom. The molecule has 1 aromatic carbocycles. The maximum absolute atomic E-state index is 12.4. The Morgan fingerprint density at radius 1 is 1.33 bits per heavy atom. The predicted molar refractivity (Wildman–Crippen MR) is 91.4 cm³/mol. The summed E-state index contributed by atoms with van der Waals surface area (Å²) in [6.07, 6.45) is 4.44. The van der Waals surface area contributed by atoms with E-state index >= 15 is 0 Å². The van der Waals surface area contributed by atoms with Crippen LogP contribution in [0, 0.1) is 5.92 Å². The fraction of sp³-hybridized carbons (Fsp3) is 0.471. The maximum Gasteiger partial charge on any atom is 0.291 e. The molecule has 2 saturated carbocycles. The molecule has 6 nitrogen and oxygen atoms in total. The molecule has 2 fully saturated rings. The smallest absolute Gasteiger partial charge is 0.291 e. The van der Waals surface area contributed by atoms with Crippen molar-refractivity contribution in [3.63, 3.8) is 0 Å². The van der Waals surface area contributed by atoms with Gasteiger partial charge in [-0.05, 0) is 43.7 Å². The maximum atomic E-state index is 12.4. The lowest BCUT2D eigenvalue weighted by molar-refractivity contribution is 0.0940. The highest BCUT2D eigenvalue weighted by atomic mass is 35.5. The van der Waals surface area contributed by atoms with Crippen molar-refractivity contribution in [1.82, 2.24) is 20.1 Å². The van der Waals surface area contributed by atoms with Crippen molar-refractivity contribution >= 4 is 17.5 Å². The molecular formula is C17H20ClN5O. The van der Waals surface area contributed by atoms with Gasteiger partial charge in [-0.25, -0.2) is 9.67 Å². The summed E-state index contributed by atoms with van der Waals surface area (Å²) in [4.78, 5) is 16.8. The number of hydrogen-bond donors (Lipinski definition) is 2. The Morgan fingerprint density at radius 3 is 2.75 bits per heavy atom. The van der Waals surface area contributed by atoms with Crippen LogP contribution in [0.5, 0.6) is 0 Å². The standard InChI is InChI=1S/C17H20ClN5O/c18-12-3-1-2-4-14(12)23-16(11-7-8-11)21-15(22-23)17(24)20-9-13(19)10-5-6-10/h1-4,10-11,13H,5-9,19H2,(H,20,24). The first-order valence-corrected chi connectivity index (χ1v) is 8.77. The number of rotatable bonds is 6. The van der Waals surface area contributed by atoms with E-state index in [-0.39, 0.29) is 17.8 Å². The van der Waals surface area contributed by atoms with Crippen molar-refractivity contribution in [3.8, 4) is 5.69 Å². The number of carbonyl (C=O) groups excluding carboxylic acids is 1. The van der Waals surface area contributed by atoms with Gasteiger partial charge in [0.15, 0.2) is 0 Å². The van der Waals surface area contributed by atoms with Crippen molar-refractivity contribution in [1.29, 1.82) is 0 Å². The van der Waals surface area contributed by atoms with Crippen molar-refractivity contribution in [2.24, 2.45) is 11.7 Å². The van der Waals surface area contributed by atoms with Gasteiger partial charge in [0.2, 0.25) is 5.82 Å². The molecule has 0 aliphatic heterocycles. The third-order valence-corrected chi connectivity index (χ3v) is 4.90. The van der Waals surface area contributed by atoms with Crippen LogP contribution in [0.4, 0.5) is 0 Å². The molecule has 4 rings (SSSR count). The second kappa shape index (κ2) is 6.18. The normalized spacial score (nSPS) is 18.4. The van der Waals surface area contributed by atoms with Gasteiger partial charge in [0.1, 0.15) is 5.82 Å². The molecule has 1 amide bonds. The number of hydrogen-bond acceptors (Lipinski definition) is 4. The summed E-state index contributed by atoms with van der Waals surface area (Å²) in [6, 6.07) is 7.47. The molecule has 1 heterocycles. The molecule has 24 heavy (non-hydrogen) atoms. The predicted octanol–water partition coefficient (Wildman–Crippen LogP) is 2.27. The van der Waals surface area contributed by atoms with Crippen LogP contribution in [0.2, 0.25) is 5.02 Å². The molecule has 0 spiro atoms. The van der Waals surface area contributed by atoms with E-state index in [0.717, 1.165) is 37.2 Å². The molecule has 0 bridgehead atoms. The van der Waals surface area contributed by atoms with Crippen LogP contribution >= 0.6 is 11.6 Å². The van der Waals surface area contributed by atoms with Crippen LogP contribution in [0.25, 0.3) is 5.69 Å². The fourth-order valence-electron chi connectivity index (χ4n) is 2.81. The summed E-state index contributed by atoms with van der Waals surface area (Å²) in [7, 11) is 0. The number of aromatic nitrogens is 3. The third kappa shape index (κ3) is 3.16. The number of carbonyl (C=O) groups is 1. The van der Waals surface area contributed by atoms with Gasteiger partial charge in [-0.15, -0.1) is 5.10 Å². The van der Waals surface area contributed by atoms with Gasteiger partial charge < -0.3 is 11.1 Å². The van der Waals surface area contributed by atoms with E-state index < -0.39 is 0 Å². The molecule has 126 valence electrons. The molecule has 2 aromatic rings. The number of nitrogens with one attached hydrogen (secondary N) is 1. The summed E-state index contributed by atoms with van der Waals surface area (Å²) in [6.45, 7) is 0.461. The van der Waals surface area contributed by atoms with E-state index in [0.29, 0.717) is 23.4 Å². The summed E-state index contributed by atoms with van der Waals surface area (Å²) in [5.74, 6) is 1.60. The molecule has 2 aliphatic rings. The topological polar surface area (TPSA) is 85.8 Å². The Labute approximate surface area is 145 Å². The van der Waals surface area contributed by atoms with E-state index in [4.69, 9.17) is 17.3 Å². The molecule has 3 N–H and O–H groups in total.